The van der Waals surface area contributed by atoms with Crippen molar-refractivity contribution in [1.29, 1.82) is 0 Å². The number of pyridine rings is 1. The molecule has 2 aromatic rings. The molecule has 0 aliphatic heterocycles. The van der Waals surface area contributed by atoms with E-state index < -0.39 is 0 Å². The number of methoxy groups -OCH3 is 1. The minimum absolute atomic E-state index is 0.310. The third-order valence-electron chi connectivity index (χ3n) is 1.78. The summed E-state index contributed by atoms with van der Waals surface area (Å²) in [5.74, 6) is 0.741. The molecule has 0 aromatic carbocycles. The fourth-order valence-electron chi connectivity index (χ4n) is 1.12. The second-order valence-electron chi connectivity index (χ2n) is 2.74. The van der Waals surface area contributed by atoms with E-state index in [-0.39, 0.29) is 0 Å². The Kier molecular flexibility index (Phi) is 2.42. The van der Waals surface area contributed by atoms with Crippen LogP contribution in [0.1, 0.15) is 0 Å². The highest BCUT2D eigenvalue weighted by Gasteiger charge is 2.10. The van der Waals surface area contributed by atoms with Crippen molar-refractivity contribution in [2.75, 3.05) is 12.8 Å². The Labute approximate surface area is 90.6 Å². The molecule has 0 saturated heterocycles. The van der Waals surface area contributed by atoms with Crippen LogP contribution in [0.4, 0.5) is 5.69 Å². The van der Waals surface area contributed by atoms with Crippen LogP contribution in [0.3, 0.4) is 0 Å². The molecule has 0 radical (unpaired) electrons. The molecule has 0 atom stereocenters. The van der Waals surface area contributed by atoms with E-state index in [1.165, 1.54) is 18.0 Å². The number of aromatic nitrogens is 4. The van der Waals surface area contributed by atoms with Crippen LogP contribution in [-0.4, -0.2) is 27.1 Å². The molecule has 0 aliphatic carbocycles. The predicted octanol–water partition coefficient (Wildman–Crippen LogP) is 0.906. The number of nitrogens with zero attached hydrogens (tertiary/aromatic N) is 4. The van der Waals surface area contributed by atoms with Crippen LogP contribution in [0.5, 0.6) is 5.88 Å². The van der Waals surface area contributed by atoms with E-state index >= 15 is 0 Å². The van der Waals surface area contributed by atoms with E-state index in [0.717, 1.165) is 0 Å². The minimum atomic E-state index is 0.310. The first-order valence-corrected chi connectivity index (χ1v) is 4.47. The number of hydrogen-bond acceptors (Lipinski definition) is 5. The molecule has 0 fully saturated rings. The zero-order chi connectivity index (χ0) is 10.8. The van der Waals surface area contributed by atoms with Gasteiger partial charge in [0.15, 0.2) is 5.82 Å². The second kappa shape index (κ2) is 3.74. The van der Waals surface area contributed by atoms with Crippen molar-refractivity contribution in [3.05, 3.63) is 23.5 Å². The van der Waals surface area contributed by atoms with Gasteiger partial charge in [-0.2, -0.15) is 4.98 Å². The van der Waals surface area contributed by atoms with Gasteiger partial charge in [-0.25, -0.2) is 4.68 Å². The molecule has 0 aliphatic rings. The van der Waals surface area contributed by atoms with Crippen LogP contribution < -0.4 is 10.5 Å². The van der Waals surface area contributed by atoms with Gasteiger partial charge in [0.25, 0.3) is 0 Å². The Bertz CT molecular complexity index is 470. The molecule has 6 nitrogen and oxygen atoms in total. The van der Waals surface area contributed by atoms with Crippen molar-refractivity contribution in [3.8, 4) is 11.7 Å². The van der Waals surface area contributed by atoms with Crippen molar-refractivity contribution in [2.24, 2.45) is 0 Å². The second-order valence-corrected chi connectivity index (χ2v) is 3.15. The Morgan fingerprint density at radius 3 is 2.93 bits per heavy atom. The van der Waals surface area contributed by atoms with Gasteiger partial charge in [0.2, 0.25) is 5.88 Å². The molecule has 0 saturated carbocycles. The highest BCUT2D eigenvalue weighted by atomic mass is 35.5. The van der Waals surface area contributed by atoms with Gasteiger partial charge >= 0.3 is 0 Å². The Hall–Kier alpha value is -1.82. The van der Waals surface area contributed by atoms with Crippen molar-refractivity contribution < 1.29 is 4.74 Å². The zero-order valence-electron chi connectivity index (χ0n) is 7.88. The van der Waals surface area contributed by atoms with Gasteiger partial charge in [0.1, 0.15) is 0 Å². The molecular weight excluding hydrogens is 218 g/mol. The summed E-state index contributed by atoms with van der Waals surface area (Å²) in [5.41, 5.74) is 6.02. The molecule has 2 aromatic heterocycles. The highest BCUT2D eigenvalue weighted by molar-refractivity contribution is 6.32. The summed E-state index contributed by atoms with van der Waals surface area (Å²) in [7, 11) is 1.48. The van der Waals surface area contributed by atoms with Crippen LogP contribution >= 0.6 is 11.6 Å². The zero-order valence-corrected chi connectivity index (χ0v) is 8.64. The first kappa shape index (κ1) is 9.72. The summed E-state index contributed by atoms with van der Waals surface area (Å²) in [5, 5.41) is 7.82. The molecule has 0 unspecified atom stereocenters. The van der Waals surface area contributed by atoms with Crippen molar-refractivity contribution >= 4 is 17.3 Å². The SMILES string of the molecule is COc1nc(-n2ccnn2)c(Cl)cc1N. The third-order valence-corrected chi connectivity index (χ3v) is 2.06. The van der Waals surface area contributed by atoms with Crippen LogP contribution in [0.15, 0.2) is 18.5 Å². The minimum Gasteiger partial charge on any atom is -0.479 e. The number of ether oxygens (including phenoxy) is 1. The Morgan fingerprint density at radius 2 is 2.33 bits per heavy atom. The molecule has 0 amide bonds. The van der Waals surface area contributed by atoms with Gasteiger partial charge in [-0.1, -0.05) is 16.8 Å². The molecule has 2 heterocycles. The Morgan fingerprint density at radius 1 is 1.53 bits per heavy atom. The number of nitrogens with two attached hydrogens (primary N) is 1. The lowest BCUT2D eigenvalue weighted by molar-refractivity contribution is 0.399. The molecule has 15 heavy (non-hydrogen) atoms. The highest BCUT2D eigenvalue weighted by Crippen LogP contribution is 2.26. The number of hydrogen-bond donors (Lipinski definition) is 1. The van der Waals surface area contributed by atoms with E-state index in [0.29, 0.717) is 22.4 Å². The monoisotopic (exact) mass is 225 g/mol. The van der Waals surface area contributed by atoms with E-state index in [9.17, 15) is 0 Å². The standard InChI is InChI=1S/C8H8ClN5O/c1-15-8-6(10)4-5(9)7(12-8)14-3-2-11-13-14/h2-4H,10H2,1H3. The maximum Gasteiger partial charge on any atom is 0.239 e. The molecule has 78 valence electrons. The number of rotatable bonds is 2. The molecule has 2 rings (SSSR count). The fourth-order valence-corrected chi connectivity index (χ4v) is 1.37. The largest absolute Gasteiger partial charge is 0.479 e. The third kappa shape index (κ3) is 1.71. The Balaban J connectivity index is 2.57. The van der Waals surface area contributed by atoms with Crippen LogP contribution in [0.25, 0.3) is 5.82 Å². The van der Waals surface area contributed by atoms with Gasteiger partial charge in [0.05, 0.1) is 30.2 Å². The maximum absolute atomic E-state index is 5.96. The topological polar surface area (TPSA) is 78.8 Å². The van der Waals surface area contributed by atoms with E-state index in [2.05, 4.69) is 15.3 Å². The smallest absolute Gasteiger partial charge is 0.239 e. The van der Waals surface area contributed by atoms with Crippen LogP contribution in [0.2, 0.25) is 5.02 Å². The van der Waals surface area contributed by atoms with Gasteiger partial charge in [-0.05, 0) is 6.07 Å². The van der Waals surface area contributed by atoms with E-state index in [1.54, 1.807) is 12.3 Å². The summed E-state index contributed by atoms with van der Waals surface area (Å²) in [6.07, 6.45) is 3.16. The van der Waals surface area contributed by atoms with Crippen molar-refractivity contribution in [1.82, 2.24) is 20.0 Å². The summed E-state index contributed by atoms with van der Waals surface area (Å²) in [6, 6.07) is 1.56. The lowest BCUT2D eigenvalue weighted by Gasteiger charge is -2.07. The lowest BCUT2D eigenvalue weighted by atomic mass is 10.4. The average molecular weight is 226 g/mol. The van der Waals surface area contributed by atoms with Crippen LogP contribution in [-0.2, 0) is 0 Å². The summed E-state index contributed by atoms with van der Waals surface area (Å²) in [4.78, 5) is 4.11. The first-order valence-electron chi connectivity index (χ1n) is 4.09. The number of anilines is 1. The van der Waals surface area contributed by atoms with Crippen molar-refractivity contribution in [2.45, 2.75) is 0 Å². The predicted molar refractivity (Wildman–Crippen MR) is 55.1 cm³/mol. The average Bonchev–Trinajstić information content (AvgIpc) is 2.71. The maximum atomic E-state index is 5.96. The van der Waals surface area contributed by atoms with Gasteiger partial charge < -0.3 is 10.5 Å². The number of nitrogen functional groups attached to an aromatic ring is 1. The first-order chi connectivity index (χ1) is 7.22. The number of halogens is 1. The quantitative estimate of drug-likeness (QED) is 0.822. The summed E-state index contributed by atoms with van der Waals surface area (Å²) in [6.45, 7) is 0. The van der Waals surface area contributed by atoms with Gasteiger partial charge in [-0.15, -0.1) is 5.10 Å². The lowest BCUT2D eigenvalue weighted by Crippen LogP contribution is -2.03. The molecule has 0 bridgehead atoms. The molecule has 0 spiro atoms. The van der Waals surface area contributed by atoms with Crippen molar-refractivity contribution in [3.63, 3.8) is 0 Å². The summed E-state index contributed by atoms with van der Waals surface area (Å²) >= 11 is 5.96. The molecular formula is C8H8ClN5O. The normalized spacial score (nSPS) is 10.3. The van der Waals surface area contributed by atoms with E-state index in [4.69, 9.17) is 22.1 Å². The van der Waals surface area contributed by atoms with E-state index in [1.807, 2.05) is 0 Å². The van der Waals surface area contributed by atoms with Gasteiger partial charge in [-0.3, -0.25) is 0 Å². The van der Waals surface area contributed by atoms with Gasteiger partial charge in [0, 0.05) is 0 Å². The van der Waals surface area contributed by atoms with Crippen LogP contribution in [0, 0.1) is 0 Å². The summed E-state index contributed by atoms with van der Waals surface area (Å²) < 4.78 is 6.42. The fraction of sp³-hybridized carbons (Fsp3) is 0.125. The molecule has 7 heteroatoms. The molecule has 2 N–H and O–H groups in total.